The summed E-state index contributed by atoms with van der Waals surface area (Å²) in [5.41, 5.74) is 0. The molecule has 2 N–H and O–H groups in total. The number of aliphatic carboxylic acids is 1. The molecule has 1 amide bonds. The van der Waals surface area contributed by atoms with Crippen molar-refractivity contribution in [1.29, 1.82) is 0 Å². The Morgan fingerprint density at radius 2 is 1.80 bits per heavy atom. The zero-order chi connectivity index (χ0) is 14.4. The highest BCUT2D eigenvalue weighted by Gasteiger charge is 2.26. The van der Waals surface area contributed by atoms with Crippen LogP contribution in [-0.4, -0.2) is 59.6 Å². The van der Waals surface area contributed by atoms with Gasteiger partial charge in [0.25, 0.3) is 0 Å². The lowest BCUT2D eigenvalue weighted by Crippen LogP contribution is -2.44. The molecule has 0 spiro atoms. The van der Waals surface area contributed by atoms with E-state index in [2.05, 4.69) is 5.32 Å². The Hall–Kier alpha value is -0.750. The maximum absolute atomic E-state index is 12.0. The number of piperidine rings is 1. The van der Waals surface area contributed by atoms with Crippen LogP contribution in [0.1, 0.15) is 25.7 Å². The molecule has 0 unspecified atom stereocenters. The molecule has 0 aromatic heterocycles. The van der Waals surface area contributed by atoms with Gasteiger partial charge in [0.15, 0.2) is 0 Å². The van der Waals surface area contributed by atoms with Gasteiger partial charge in [0.1, 0.15) is 0 Å². The highest BCUT2D eigenvalue weighted by atomic mass is 32.2. The average Bonchev–Trinajstić information content (AvgIpc) is 2.48. The molecule has 2 saturated heterocycles. The number of rotatable bonds is 5. The molecule has 0 atom stereocenters. The highest BCUT2D eigenvalue weighted by molar-refractivity contribution is 7.99. The summed E-state index contributed by atoms with van der Waals surface area (Å²) in [6, 6.07) is 0. The topological polar surface area (TPSA) is 69.6 Å². The Balaban J connectivity index is 1.61. The second-order valence-electron chi connectivity index (χ2n) is 5.68. The molecule has 20 heavy (non-hydrogen) atoms. The monoisotopic (exact) mass is 300 g/mol. The van der Waals surface area contributed by atoms with Crippen LogP contribution >= 0.6 is 11.8 Å². The van der Waals surface area contributed by atoms with Crippen molar-refractivity contribution in [3.05, 3.63) is 0 Å². The Morgan fingerprint density at radius 3 is 2.40 bits per heavy atom. The van der Waals surface area contributed by atoms with Crippen LogP contribution in [0.4, 0.5) is 0 Å². The summed E-state index contributed by atoms with van der Waals surface area (Å²) in [7, 11) is 0. The van der Waals surface area contributed by atoms with Crippen molar-refractivity contribution in [3.8, 4) is 0 Å². The van der Waals surface area contributed by atoms with Gasteiger partial charge in [-0.15, -0.1) is 0 Å². The van der Waals surface area contributed by atoms with E-state index in [0.29, 0.717) is 38.4 Å². The normalized spacial score (nSPS) is 21.9. The first-order valence-corrected chi connectivity index (χ1v) is 8.61. The van der Waals surface area contributed by atoms with Gasteiger partial charge in [0.05, 0.1) is 12.5 Å². The number of nitrogens with one attached hydrogen (secondary N) is 1. The Labute approximate surface area is 124 Å². The molecule has 2 aliphatic heterocycles. The van der Waals surface area contributed by atoms with Crippen molar-refractivity contribution in [1.82, 2.24) is 10.2 Å². The molecule has 0 radical (unpaired) electrons. The van der Waals surface area contributed by atoms with Crippen LogP contribution < -0.4 is 5.32 Å². The van der Waals surface area contributed by atoms with Crippen LogP contribution in [-0.2, 0) is 9.59 Å². The van der Waals surface area contributed by atoms with Gasteiger partial charge in [-0.25, -0.2) is 0 Å². The van der Waals surface area contributed by atoms with Crippen LogP contribution in [0.5, 0.6) is 0 Å². The van der Waals surface area contributed by atoms with Crippen LogP contribution in [0.25, 0.3) is 0 Å². The number of carbonyl (C=O) groups excluding carboxylic acids is 1. The smallest absolute Gasteiger partial charge is 0.306 e. The fourth-order valence-electron chi connectivity index (χ4n) is 2.82. The minimum absolute atomic E-state index is 0.110. The van der Waals surface area contributed by atoms with Crippen molar-refractivity contribution >= 4 is 23.6 Å². The van der Waals surface area contributed by atoms with E-state index in [1.165, 1.54) is 24.3 Å². The summed E-state index contributed by atoms with van der Waals surface area (Å²) in [4.78, 5) is 24.7. The number of nitrogens with zero attached hydrogens (tertiary/aromatic N) is 1. The molecule has 6 heteroatoms. The van der Waals surface area contributed by atoms with Crippen molar-refractivity contribution < 1.29 is 14.7 Å². The van der Waals surface area contributed by atoms with Crippen molar-refractivity contribution in [2.75, 3.05) is 37.7 Å². The van der Waals surface area contributed by atoms with Gasteiger partial charge < -0.3 is 15.3 Å². The minimum atomic E-state index is -0.731. The maximum Gasteiger partial charge on any atom is 0.306 e. The number of likely N-dealkylation sites (tertiary alicyclic amines) is 1. The third-order valence-electron chi connectivity index (χ3n) is 4.25. The molecule has 0 aromatic rings. The molecule has 2 rings (SSSR count). The van der Waals surface area contributed by atoms with Crippen LogP contribution in [0.15, 0.2) is 0 Å². The maximum atomic E-state index is 12.0. The lowest BCUT2D eigenvalue weighted by atomic mass is 9.97. The quantitative estimate of drug-likeness (QED) is 0.794. The van der Waals surface area contributed by atoms with Gasteiger partial charge in [-0.2, -0.15) is 11.8 Å². The van der Waals surface area contributed by atoms with Crippen molar-refractivity contribution in [2.45, 2.75) is 25.7 Å². The average molecular weight is 300 g/mol. The predicted molar refractivity (Wildman–Crippen MR) is 79.9 cm³/mol. The van der Waals surface area contributed by atoms with Gasteiger partial charge >= 0.3 is 5.97 Å². The first-order valence-electron chi connectivity index (χ1n) is 7.46. The summed E-state index contributed by atoms with van der Waals surface area (Å²) in [6.45, 7) is 2.48. The van der Waals surface area contributed by atoms with Gasteiger partial charge in [0.2, 0.25) is 5.91 Å². The van der Waals surface area contributed by atoms with E-state index >= 15 is 0 Å². The summed E-state index contributed by atoms with van der Waals surface area (Å²) in [6.07, 6.45) is 3.66. The molecule has 0 saturated carbocycles. The third-order valence-corrected chi connectivity index (χ3v) is 5.30. The number of carboxylic acid groups (broad SMARTS) is 1. The number of hydrogen-bond acceptors (Lipinski definition) is 4. The van der Waals surface area contributed by atoms with Gasteiger partial charge in [0, 0.05) is 13.1 Å². The summed E-state index contributed by atoms with van der Waals surface area (Å²) in [5, 5.41) is 12.2. The van der Waals surface area contributed by atoms with Crippen LogP contribution in [0.3, 0.4) is 0 Å². The van der Waals surface area contributed by atoms with E-state index in [1.54, 1.807) is 4.90 Å². The first-order chi connectivity index (χ1) is 9.66. The number of carboxylic acids is 1. The number of hydrogen-bond donors (Lipinski definition) is 2. The second-order valence-corrected chi connectivity index (χ2v) is 6.90. The number of carbonyl (C=O) groups is 2. The lowest BCUT2D eigenvalue weighted by Gasteiger charge is -2.30. The van der Waals surface area contributed by atoms with E-state index in [4.69, 9.17) is 5.11 Å². The summed E-state index contributed by atoms with van der Waals surface area (Å²) < 4.78 is 0. The van der Waals surface area contributed by atoms with Gasteiger partial charge in [-0.05, 0) is 49.7 Å². The van der Waals surface area contributed by atoms with Gasteiger partial charge in [-0.3, -0.25) is 9.59 Å². The molecule has 0 aromatic carbocycles. The predicted octanol–water partition coefficient (Wildman–Crippen LogP) is 1.04. The lowest BCUT2D eigenvalue weighted by molar-refractivity contribution is -0.145. The Bertz CT molecular complexity index is 337. The molecule has 2 fully saturated rings. The molecular formula is C14H24N2O3S. The molecule has 2 aliphatic rings. The SMILES string of the molecule is O=C(O)C1CCN(C(=O)CNCC2CCSCC2)CC1. The van der Waals surface area contributed by atoms with Crippen LogP contribution in [0, 0.1) is 11.8 Å². The fraction of sp³-hybridized carbons (Fsp3) is 0.857. The number of amides is 1. The fourth-order valence-corrected chi connectivity index (χ4v) is 4.03. The minimum Gasteiger partial charge on any atom is -0.481 e. The van der Waals surface area contributed by atoms with E-state index in [0.717, 1.165) is 6.54 Å². The molecule has 2 heterocycles. The van der Waals surface area contributed by atoms with Gasteiger partial charge in [-0.1, -0.05) is 0 Å². The van der Waals surface area contributed by atoms with E-state index < -0.39 is 5.97 Å². The second kappa shape index (κ2) is 7.88. The zero-order valence-electron chi connectivity index (χ0n) is 11.8. The standard InChI is InChI=1S/C14H24N2O3S/c17-13(10-15-9-11-3-7-20-8-4-11)16-5-1-12(2-6-16)14(18)19/h11-12,15H,1-10H2,(H,18,19). The van der Waals surface area contributed by atoms with Crippen molar-refractivity contribution in [2.24, 2.45) is 11.8 Å². The van der Waals surface area contributed by atoms with E-state index in [9.17, 15) is 9.59 Å². The first kappa shape index (κ1) is 15.6. The molecular weight excluding hydrogens is 276 g/mol. The van der Waals surface area contributed by atoms with E-state index in [1.807, 2.05) is 11.8 Å². The zero-order valence-corrected chi connectivity index (χ0v) is 12.7. The molecule has 0 bridgehead atoms. The molecule has 5 nitrogen and oxygen atoms in total. The van der Waals surface area contributed by atoms with Crippen LogP contribution in [0.2, 0.25) is 0 Å². The Morgan fingerprint density at radius 1 is 1.15 bits per heavy atom. The van der Waals surface area contributed by atoms with Crippen molar-refractivity contribution in [3.63, 3.8) is 0 Å². The summed E-state index contributed by atoms with van der Waals surface area (Å²) in [5.74, 6) is 2.30. The molecule has 0 aliphatic carbocycles. The van der Waals surface area contributed by atoms with E-state index in [-0.39, 0.29) is 11.8 Å². The highest BCUT2D eigenvalue weighted by Crippen LogP contribution is 2.22. The number of thioether (sulfide) groups is 1. The Kier molecular flexibility index (Phi) is 6.16. The largest absolute Gasteiger partial charge is 0.481 e. The summed E-state index contributed by atoms with van der Waals surface area (Å²) >= 11 is 2.01. The third kappa shape index (κ3) is 4.66. The molecule has 114 valence electrons.